The minimum atomic E-state index is -2.72. The second kappa shape index (κ2) is 14.9. The molecule has 7 rings (SSSR count). The fraction of sp³-hybridized carbons (Fsp3) is 0.167. The maximum Gasteiger partial charge on any atom is 0.335 e. The molecule has 5 aromatic carbocycles. The second-order valence-electron chi connectivity index (χ2n) is 13.7. The van der Waals surface area contributed by atoms with Crippen LogP contribution in [0, 0.1) is 0 Å². The van der Waals surface area contributed by atoms with Gasteiger partial charge in [-0.3, -0.25) is 4.90 Å². The Bertz CT molecular complexity index is 2120. The number of hydrogen-bond acceptors (Lipinski definition) is 5. The Kier molecular flexibility index (Phi) is 10.2. The number of aromatic nitrogens is 2. The van der Waals surface area contributed by atoms with E-state index in [0.717, 1.165) is 16.8 Å². The van der Waals surface area contributed by atoms with Gasteiger partial charge in [-0.2, -0.15) is 4.98 Å². The zero-order valence-corrected chi connectivity index (χ0v) is 31.8. The molecule has 262 valence electrons. The van der Waals surface area contributed by atoms with Crippen molar-refractivity contribution in [3.8, 4) is 0 Å². The lowest BCUT2D eigenvalue weighted by Crippen LogP contribution is -2.66. The molecule has 0 fully saturated rings. The predicted octanol–water partition coefficient (Wildman–Crippen LogP) is 9.92. The highest BCUT2D eigenvalue weighted by Gasteiger charge is 2.50. The van der Waals surface area contributed by atoms with Gasteiger partial charge in [0, 0.05) is 24.1 Å². The van der Waals surface area contributed by atoms with E-state index >= 15 is 0 Å². The van der Waals surface area contributed by atoms with Crippen molar-refractivity contribution >= 4 is 76.8 Å². The summed E-state index contributed by atoms with van der Waals surface area (Å²) in [6.07, 6.45) is 2.38. The zero-order chi connectivity index (χ0) is 36.3. The number of nitrogens with zero attached hydrogens (tertiary/aromatic N) is 4. The van der Waals surface area contributed by atoms with Crippen LogP contribution in [0.1, 0.15) is 31.9 Å². The molecule has 1 aromatic heterocycles. The van der Waals surface area contributed by atoms with Crippen LogP contribution in [-0.2, 0) is 17.4 Å². The van der Waals surface area contributed by atoms with Crippen LogP contribution in [0.4, 0.5) is 33.6 Å². The van der Waals surface area contributed by atoms with Gasteiger partial charge in [-0.15, -0.1) is 0 Å². The van der Waals surface area contributed by atoms with Crippen LogP contribution in [0.15, 0.2) is 140 Å². The molecule has 0 spiro atoms. The molecule has 10 heteroatoms. The van der Waals surface area contributed by atoms with E-state index in [1.165, 1.54) is 10.4 Å². The van der Waals surface area contributed by atoms with Gasteiger partial charge in [0.25, 0.3) is 8.32 Å². The maximum absolute atomic E-state index is 14.6. The molecule has 0 radical (unpaired) electrons. The van der Waals surface area contributed by atoms with Crippen molar-refractivity contribution in [1.29, 1.82) is 0 Å². The Balaban J connectivity index is 1.24. The van der Waals surface area contributed by atoms with E-state index in [2.05, 4.69) is 85.7 Å². The topological polar surface area (TPSA) is 70.6 Å². The highest BCUT2D eigenvalue weighted by Crippen LogP contribution is 2.42. The number of carbonyl (C=O) groups is 1. The molecule has 1 aliphatic heterocycles. The molecule has 7 nitrogen and oxygen atoms in total. The summed E-state index contributed by atoms with van der Waals surface area (Å²) >= 11 is 13.3. The van der Waals surface area contributed by atoms with Crippen molar-refractivity contribution in [2.45, 2.75) is 38.8 Å². The van der Waals surface area contributed by atoms with E-state index in [1.807, 2.05) is 60.7 Å². The summed E-state index contributed by atoms with van der Waals surface area (Å²) in [6.45, 7) is 7.53. The Morgan fingerprint density at radius 3 is 2.00 bits per heavy atom. The van der Waals surface area contributed by atoms with Gasteiger partial charge in [0.2, 0.25) is 5.95 Å². The van der Waals surface area contributed by atoms with Gasteiger partial charge < -0.3 is 9.74 Å². The number of hydrogen-bond donors (Lipinski definition) is 1. The van der Waals surface area contributed by atoms with Crippen LogP contribution >= 0.6 is 23.2 Å². The van der Waals surface area contributed by atoms with Crippen molar-refractivity contribution in [3.63, 3.8) is 0 Å². The molecule has 0 bridgehead atoms. The predicted molar refractivity (Wildman–Crippen MR) is 216 cm³/mol. The number of amides is 2. The average Bonchev–Trinajstić information content (AvgIpc) is 3.14. The summed E-state index contributed by atoms with van der Waals surface area (Å²) in [4.78, 5) is 27.3. The number of nitrogens with one attached hydrogen (secondary N) is 1. The normalized spacial score (nSPS) is 13.2. The van der Waals surface area contributed by atoms with E-state index in [0.29, 0.717) is 46.2 Å². The summed E-state index contributed by atoms with van der Waals surface area (Å²) in [7, 11) is -2.72. The second-order valence-corrected chi connectivity index (χ2v) is 18.9. The molecule has 0 saturated carbocycles. The van der Waals surface area contributed by atoms with Crippen molar-refractivity contribution in [2.75, 3.05) is 21.7 Å². The maximum atomic E-state index is 14.6. The molecule has 2 heterocycles. The standard InChI is InChI=1S/C42H39Cl2N5O2Si/c1-42(2,3)52(34-19-9-5-10-20-34,35-21-11-6-12-22-35)51-26-25-30-15-13-18-33(27-30)49-39-31(28-45-40(47-39)46-32-16-7-4-8-17-32)29-48(41(49)50)38-36(43)23-14-24-37(38)44/h4-24,27-28H,25-26,29H2,1-3H3,(H,45,46,47). The van der Waals surface area contributed by atoms with Crippen LogP contribution < -0.4 is 25.5 Å². The van der Waals surface area contributed by atoms with Crippen LogP contribution in [-0.4, -0.2) is 30.9 Å². The lowest BCUT2D eigenvalue weighted by atomic mass is 10.1. The van der Waals surface area contributed by atoms with Crippen molar-refractivity contribution in [3.05, 3.63) is 161 Å². The monoisotopic (exact) mass is 743 g/mol. The van der Waals surface area contributed by atoms with E-state index in [1.54, 1.807) is 34.2 Å². The molecule has 0 unspecified atom stereocenters. The third-order valence-corrected chi connectivity index (χ3v) is 15.0. The summed E-state index contributed by atoms with van der Waals surface area (Å²) in [5, 5.41) is 6.34. The number of rotatable bonds is 10. The zero-order valence-electron chi connectivity index (χ0n) is 29.3. The Morgan fingerprint density at radius 2 is 1.38 bits per heavy atom. The van der Waals surface area contributed by atoms with Gasteiger partial charge in [-0.1, -0.05) is 141 Å². The van der Waals surface area contributed by atoms with Gasteiger partial charge in [0.1, 0.15) is 0 Å². The number of benzene rings is 5. The first-order valence-electron chi connectivity index (χ1n) is 17.2. The minimum absolute atomic E-state index is 0.143. The molecule has 6 aromatic rings. The minimum Gasteiger partial charge on any atom is -0.407 e. The SMILES string of the molecule is CC(C)(C)[Si](OCCc1cccc(N2C(=O)N(c3c(Cl)cccc3Cl)Cc3cnc(Nc4ccccc4)nc32)c1)(c1ccccc1)c1ccccc1. The van der Waals surface area contributed by atoms with E-state index < -0.39 is 8.32 Å². The van der Waals surface area contributed by atoms with Crippen LogP contribution in [0.3, 0.4) is 0 Å². The van der Waals surface area contributed by atoms with Crippen LogP contribution in [0.25, 0.3) is 0 Å². The Morgan fingerprint density at radius 1 is 0.788 bits per heavy atom. The summed E-state index contributed by atoms with van der Waals surface area (Å²) in [5.41, 5.74) is 3.70. The molecule has 1 N–H and O–H groups in total. The molecule has 52 heavy (non-hydrogen) atoms. The number of carbonyl (C=O) groups excluding carboxylic acids is 1. The molecule has 0 atom stereocenters. The van der Waals surface area contributed by atoms with Gasteiger partial charge in [-0.05, 0) is 63.8 Å². The van der Waals surface area contributed by atoms with Crippen LogP contribution in [0.5, 0.6) is 0 Å². The number of anilines is 5. The lowest BCUT2D eigenvalue weighted by Gasteiger charge is -2.43. The smallest absolute Gasteiger partial charge is 0.335 e. The van der Waals surface area contributed by atoms with E-state index in [9.17, 15) is 4.79 Å². The average molecular weight is 745 g/mol. The molecule has 0 aliphatic carbocycles. The molecular formula is C42H39Cl2N5O2Si. The largest absolute Gasteiger partial charge is 0.407 e. The Labute approximate surface area is 316 Å². The fourth-order valence-corrected chi connectivity index (χ4v) is 12.1. The highest BCUT2D eigenvalue weighted by atomic mass is 35.5. The number of urea groups is 1. The van der Waals surface area contributed by atoms with E-state index in [-0.39, 0.29) is 17.6 Å². The van der Waals surface area contributed by atoms with Crippen molar-refractivity contribution < 1.29 is 9.22 Å². The van der Waals surface area contributed by atoms with E-state index in [4.69, 9.17) is 32.6 Å². The van der Waals surface area contributed by atoms with Gasteiger partial charge in [-0.25, -0.2) is 14.7 Å². The number of fused-ring (bicyclic) bond motifs is 1. The lowest BCUT2D eigenvalue weighted by molar-refractivity contribution is 0.252. The van der Waals surface area contributed by atoms with Gasteiger partial charge >= 0.3 is 6.03 Å². The first-order valence-corrected chi connectivity index (χ1v) is 19.9. The summed E-state index contributed by atoms with van der Waals surface area (Å²) < 4.78 is 7.20. The van der Waals surface area contributed by atoms with Gasteiger partial charge in [0.05, 0.1) is 28.0 Å². The third-order valence-electron chi connectivity index (χ3n) is 9.34. The molecular weight excluding hydrogens is 705 g/mol. The number of para-hydroxylation sites is 2. The summed E-state index contributed by atoms with van der Waals surface area (Å²) in [6, 6.07) is 43.8. The van der Waals surface area contributed by atoms with Crippen LogP contribution in [0.2, 0.25) is 15.1 Å². The molecule has 2 amide bonds. The molecule has 0 saturated heterocycles. The summed E-state index contributed by atoms with van der Waals surface area (Å²) in [5.74, 6) is 0.861. The quantitative estimate of drug-likeness (QED) is 0.142. The third kappa shape index (κ3) is 6.95. The highest BCUT2D eigenvalue weighted by molar-refractivity contribution is 6.99. The fourth-order valence-electron chi connectivity index (χ4n) is 6.95. The number of halogens is 2. The molecule has 1 aliphatic rings. The van der Waals surface area contributed by atoms with Crippen molar-refractivity contribution in [1.82, 2.24) is 9.97 Å². The van der Waals surface area contributed by atoms with Gasteiger partial charge in [0.15, 0.2) is 5.82 Å². The first-order chi connectivity index (χ1) is 25.2. The van der Waals surface area contributed by atoms with Crippen molar-refractivity contribution in [2.24, 2.45) is 0 Å². The first kappa shape index (κ1) is 35.4. The Hall–Kier alpha value is -4.99.